The van der Waals surface area contributed by atoms with Gasteiger partial charge in [-0.1, -0.05) is 11.6 Å². The summed E-state index contributed by atoms with van der Waals surface area (Å²) in [7, 11) is 0. The Bertz CT molecular complexity index is 364. The summed E-state index contributed by atoms with van der Waals surface area (Å²) in [4.78, 5) is 15.7. The van der Waals surface area contributed by atoms with E-state index in [1.807, 2.05) is 0 Å². The largest absolute Gasteiger partial charge is 0.329 e. The predicted molar refractivity (Wildman–Crippen MR) is 53.0 cm³/mol. The summed E-state index contributed by atoms with van der Waals surface area (Å²) in [5.74, 6) is 0.389. The van der Waals surface area contributed by atoms with E-state index in [-0.39, 0.29) is 11.9 Å². The van der Waals surface area contributed by atoms with Crippen LogP contribution in [0.3, 0.4) is 0 Å². The van der Waals surface area contributed by atoms with Crippen LogP contribution in [0.15, 0.2) is 4.52 Å². The van der Waals surface area contributed by atoms with E-state index in [0.717, 1.165) is 19.3 Å². The molecule has 0 atom stereocenters. The molecule has 1 saturated carbocycles. The second-order valence-corrected chi connectivity index (χ2v) is 3.94. The molecular weight excluding hydrogens is 196 g/mol. The first-order valence-corrected chi connectivity index (χ1v) is 4.98. The SMILES string of the molecule is Cc1noc(NC(=O)C2(CN)CCC2)n1. The molecule has 6 nitrogen and oxygen atoms in total. The van der Waals surface area contributed by atoms with Crippen LogP contribution in [0.4, 0.5) is 6.01 Å². The summed E-state index contributed by atoms with van der Waals surface area (Å²) in [6.45, 7) is 2.06. The molecule has 2 rings (SSSR count). The van der Waals surface area contributed by atoms with Crippen LogP contribution in [-0.4, -0.2) is 22.6 Å². The number of nitrogens with zero attached hydrogens (tertiary/aromatic N) is 2. The van der Waals surface area contributed by atoms with Gasteiger partial charge in [-0.25, -0.2) is 0 Å². The monoisotopic (exact) mass is 210 g/mol. The van der Waals surface area contributed by atoms with Crippen molar-refractivity contribution in [1.29, 1.82) is 0 Å². The Morgan fingerprint density at radius 2 is 2.40 bits per heavy atom. The van der Waals surface area contributed by atoms with E-state index >= 15 is 0 Å². The van der Waals surface area contributed by atoms with Crippen LogP contribution >= 0.6 is 0 Å². The minimum absolute atomic E-state index is 0.111. The van der Waals surface area contributed by atoms with E-state index in [2.05, 4.69) is 15.5 Å². The van der Waals surface area contributed by atoms with Crippen molar-refractivity contribution in [3.63, 3.8) is 0 Å². The van der Waals surface area contributed by atoms with Crippen molar-refractivity contribution >= 4 is 11.9 Å². The Morgan fingerprint density at radius 3 is 2.80 bits per heavy atom. The topological polar surface area (TPSA) is 94.0 Å². The van der Waals surface area contributed by atoms with Crippen molar-refractivity contribution in [2.45, 2.75) is 26.2 Å². The fourth-order valence-corrected chi connectivity index (χ4v) is 1.70. The van der Waals surface area contributed by atoms with Gasteiger partial charge in [-0.3, -0.25) is 10.1 Å². The van der Waals surface area contributed by atoms with E-state index in [9.17, 15) is 4.79 Å². The first-order chi connectivity index (χ1) is 7.16. The van der Waals surface area contributed by atoms with Crippen molar-refractivity contribution in [2.24, 2.45) is 11.1 Å². The summed E-state index contributed by atoms with van der Waals surface area (Å²) in [6, 6.07) is 0.150. The average Bonchev–Trinajstić information content (AvgIpc) is 2.50. The molecule has 0 radical (unpaired) electrons. The molecule has 0 bridgehead atoms. The predicted octanol–water partition coefficient (Wildman–Crippen LogP) is 0.446. The van der Waals surface area contributed by atoms with Crippen LogP contribution in [0.25, 0.3) is 0 Å². The van der Waals surface area contributed by atoms with E-state index in [1.165, 1.54) is 0 Å². The molecule has 82 valence electrons. The van der Waals surface area contributed by atoms with Gasteiger partial charge in [0.2, 0.25) is 5.91 Å². The van der Waals surface area contributed by atoms with E-state index in [1.54, 1.807) is 6.92 Å². The number of nitrogens with one attached hydrogen (secondary N) is 1. The van der Waals surface area contributed by atoms with Gasteiger partial charge in [-0.15, -0.1) is 0 Å². The number of anilines is 1. The minimum atomic E-state index is -0.414. The summed E-state index contributed by atoms with van der Waals surface area (Å²) in [6.07, 6.45) is 2.72. The van der Waals surface area contributed by atoms with Crippen LogP contribution in [0.1, 0.15) is 25.1 Å². The smallest absolute Gasteiger partial charge is 0.328 e. The fraction of sp³-hybridized carbons (Fsp3) is 0.667. The molecule has 1 aliphatic rings. The standard InChI is InChI=1S/C9H14N4O2/c1-6-11-8(15-13-6)12-7(14)9(5-10)3-2-4-9/h2-5,10H2,1H3,(H,11,12,13,14). The number of aromatic nitrogens is 2. The highest BCUT2D eigenvalue weighted by Gasteiger charge is 2.43. The van der Waals surface area contributed by atoms with Crippen LogP contribution in [-0.2, 0) is 4.79 Å². The molecule has 1 amide bonds. The third kappa shape index (κ3) is 1.72. The fourth-order valence-electron chi connectivity index (χ4n) is 1.70. The second-order valence-electron chi connectivity index (χ2n) is 3.94. The van der Waals surface area contributed by atoms with Gasteiger partial charge < -0.3 is 10.3 Å². The van der Waals surface area contributed by atoms with Gasteiger partial charge in [-0.05, 0) is 19.8 Å². The zero-order chi connectivity index (χ0) is 10.9. The lowest BCUT2D eigenvalue weighted by atomic mass is 9.68. The Morgan fingerprint density at radius 1 is 1.67 bits per heavy atom. The van der Waals surface area contributed by atoms with Crippen molar-refractivity contribution in [2.75, 3.05) is 11.9 Å². The highest BCUT2D eigenvalue weighted by molar-refractivity contribution is 5.94. The first kappa shape index (κ1) is 10.1. The summed E-state index contributed by atoms with van der Waals surface area (Å²) in [5, 5.41) is 6.19. The second kappa shape index (κ2) is 3.62. The maximum Gasteiger partial charge on any atom is 0.328 e. The molecule has 0 saturated heterocycles. The Labute approximate surface area is 87.2 Å². The first-order valence-electron chi connectivity index (χ1n) is 4.98. The lowest BCUT2D eigenvalue weighted by molar-refractivity contribution is -0.129. The molecule has 0 spiro atoms. The Balaban J connectivity index is 2.03. The van der Waals surface area contributed by atoms with E-state index in [4.69, 9.17) is 10.3 Å². The molecule has 1 aromatic rings. The Kier molecular flexibility index (Phi) is 2.44. The van der Waals surface area contributed by atoms with Crippen molar-refractivity contribution < 1.29 is 9.32 Å². The lowest BCUT2D eigenvalue weighted by Crippen LogP contribution is -2.47. The molecule has 0 unspecified atom stereocenters. The van der Waals surface area contributed by atoms with Gasteiger partial charge in [0, 0.05) is 6.54 Å². The highest BCUT2D eigenvalue weighted by Crippen LogP contribution is 2.40. The van der Waals surface area contributed by atoms with Gasteiger partial charge in [0.05, 0.1) is 5.41 Å². The number of amides is 1. The van der Waals surface area contributed by atoms with Crippen LogP contribution in [0.2, 0.25) is 0 Å². The summed E-state index contributed by atoms with van der Waals surface area (Å²) in [5.41, 5.74) is 5.19. The maximum absolute atomic E-state index is 11.8. The van der Waals surface area contributed by atoms with Crippen molar-refractivity contribution in [1.82, 2.24) is 10.1 Å². The molecule has 1 aromatic heterocycles. The number of hydrogen-bond donors (Lipinski definition) is 2. The third-order valence-electron chi connectivity index (χ3n) is 2.93. The molecule has 1 heterocycles. The summed E-state index contributed by atoms with van der Waals surface area (Å²) < 4.78 is 4.81. The summed E-state index contributed by atoms with van der Waals surface area (Å²) >= 11 is 0. The third-order valence-corrected chi connectivity index (χ3v) is 2.93. The molecule has 1 aliphatic carbocycles. The van der Waals surface area contributed by atoms with Crippen LogP contribution in [0.5, 0.6) is 0 Å². The Hall–Kier alpha value is -1.43. The molecule has 6 heteroatoms. The number of carbonyl (C=O) groups is 1. The van der Waals surface area contributed by atoms with E-state index in [0.29, 0.717) is 12.4 Å². The van der Waals surface area contributed by atoms with E-state index < -0.39 is 5.41 Å². The molecule has 0 aliphatic heterocycles. The zero-order valence-electron chi connectivity index (χ0n) is 8.62. The maximum atomic E-state index is 11.8. The number of carbonyl (C=O) groups excluding carboxylic acids is 1. The van der Waals surface area contributed by atoms with Crippen molar-refractivity contribution in [3.05, 3.63) is 5.82 Å². The molecule has 3 N–H and O–H groups in total. The molecule has 1 fully saturated rings. The van der Waals surface area contributed by atoms with Gasteiger partial charge in [0.15, 0.2) is 5.82 Å². The van der Waals surface area contributed by atoms with Gasteiger partial charge in [0.25, 0.3) is 0 Å². The number of aryl methyl sites for hydroxylation is 1. The van der Waals surface area contributed by atoms with Crippen LogP contribution in [0, 0.1) is 12.3 Å². The molecule has 0 aromatic carbocycles. The quantitative estimate of drug-likeness (QED) is 0.755. The number of rotatable bonds is 3. The minimum Gasteiger partial charge on any atom is -0.329 e. The van der Waals surface area contributed by atoms with Crippen molar-refractivity contribution in [3.8, 4) is 0 Å². The normalized spacial score (nSPS) is 18.3. The average molecular weight is 210 g/mol. The lowest BCUT2D eigenvalue weighted by Gasteiger charge is -2.38. The molecule has 15 heavy (non-hydrogen) atoms. The molecular formula is C9H14N4O2. The zero-order valence-corrected chi connectivity index (χ0v) is 8.62. The number of hydrogen-bond acceptors (Lipinski definition) is 5. The highest BCUT2D eigenvalue weighted by atomic mass is 16.5. The van der Waals surface area contributed by atoms with Crippen LogP contribution < -0.4 is 11.1 Å². The van der Waals surface area contributed by atoms with Gasteiger partial charge >= 0.3 is 6.01 Å². The van der Waals surface area contributed by atoms with Gasteiger partial charge in [-0.2, -0.15) is 4.98 Å². The number of nitrogens with two attached hydrogens (primary N) is 1. The van der Waals surface area contributed by atoms with Gasteiger partial charge in [0.1, 0.15) is 0 Å².